The van der Waals surface area contributed by atoms with Crippen LogP contribution >= 0.6 is 11.8 Å². The maximum Gasteiger partial charge on any atom is 0.293 e. The van der Waals surface area contributed by atoms with Crippen LogP contribution in [0, 0.1) is 11.8 Å². The van der Waals surface area contributed by atoms with Crippen molar-refractivity contribution in [3.8, 4) is 0 Å². The molecule has 4 N–H and O–H groups in total. The summed E-state index contributed by atoms with van der Waals surface area (Å²) in [6.07, 6.45) is 5.60. The van der Waals surface area contributed by atoms with Crippen LogP contribution in [0.1, 0.15) is 59.8 Å². The topological polar surface area (TPSA) is 117 Å². The summed E-state index contributed by atoms with van der Waals surface area (Å²) in [4.78, 5) is 24.8. The van der Waals surface area contributed by atoms with Gasteiger partial charge in [0.1, 0.15) is 6.10 Å². The van der Waals surface area contributed by atoms with Crippen LogP contribution < -0.4 is 11.5 Å². The van der Waals surface area contributed by atoms with Crippen LogP contribution in [0.5, 0.6) is 0 Å². The lowest BCUT2D eigenvalue weighted by atomic mass is 9.79. The van der Waals surface area contributed by atoms with E-state index >= 15 is 0 Å². The Balaban J connectivity index is 0.000000508. The molecule has 3 atom stereocenters. The van der Waals surface area contributed by atoms with Crippen molar-refractivity contribution in [1.82, 2.24) is 0 Å². The van der Waals surface area contributed by atoms with Gasteiger partial charge in [-0.1, -0.05) is 34.1 Å². The highest BCUT2D eigenvalue weighted by molar-refractivity contribution is 7.99. The van der Waals surface area contributed by atoms with E-state index in [0.717, 1.165) is 12.2 Å². The van der Waals surface area contributed by atoms with Gasteiger partial charge in [0.15, 0.2) is 11.7 Å². The number of halogens is 1. The van der Waals surface area contributed by atoms with Gasteiger partial charge in [-0.05, 0) is 31.1 Å². The quantitative estimate of drug-likeness (QED) is 0.374. The Kier molecular flexibility index (Phi) is 15.3. The molecule has 0 aromatic carbocycles. The van der Waals surface area contributed by atoms with Crippen LogP contribution in [0.4, 0.5) is 4.39 Å². The van der Waals surface area contributed by atoms with Crippen LogP contribution in [0.25, 0.3) is 0 Å². The van der Waals surface area contributed by atoms with Crippen molar-refractivity contribution in [2.45, 2.75) is 72.0 Å². The number of ether oxygens (including phenoxy) is 2. The summed E-state index contributed by atoms with van der Waals surface area (Å²) in [6, 6.07) is 0. The number of hydrogen-bond acceptors (Lipinski definition) is 6. The highest BCUT2D eigenvalue weighted by atomic mass is 32.2. The number of aliphatic imine (C=N–C) groups is 1. The van der Waals surface area contributed by atoms with E-state index in [4.69, 9.17) is 20.9 Å². The molecule has 0 unspecified atom stereocenters. The molecule has 1 heterocycles. The first-order chi connectivity index (χ1) is 13.9. The Labute approximate surface area is 177 Å². The predicted molar refractivity (Wildman–Crippen MR) is 116 cm³/mol. The molecule has 1 aliphatic heterocycles. The van der Waals surface area contributed by atoms with Gasteiger partial charge < -0.3 is 20.9 Å². The van der Waals surface area contributed by atoms with Crippen LogP contribution in [0.3, 0.4) is 0 Å². The van der Waals surface area contributed by atoms with E-state index in [2.05, 4.69) is 18.8 Å². The van der Waals surface area contributed by atoms with Gasteiger partial charge in [-0.15, -0.1) is 11.8 Å². The van der Waals surface area contributed by atoms with Gasteiger partial charge in [-0.25, -0.2) is 4.39 Å². The van der Waals surface area contributed by atoms with Crippen LogP contribution in [0.15, 0.2) is 17.0 Å². The van der Waals surface area contributed by atoms with Crippen molar-refractivity contribution >= 4 is 30.0 Å². The number of hydrogen-bond donors (Lipinski definition) is 2. The first-order valence-electron chi connectivity index (χ1n) is 10.1. The summed E-state index contributed by atoms with van der Waals surface area (Å²) in [5, 5.41) is 0. The number of amidine groups is 1. The van der Waals surface area contributed by atoms with Gasteiger partial charge in [0.25, 0.3) is 6.47 Å². The highest BCUT2D eigenvalue weighted by Gasteiger charge is 2.28. The fourth-order valence-electron chi connectivity index (χ4n) is 3.13. The molecule has 1 aliphatic carbocycles. The van der Waals surface area contributed by atoms with Gasteiger partial charge in [-0.3, -0.25) is 9.59 Å². The summed E-state index contributed by atoms with van der Waals surface area (Å²) in [6.45, 7) is 9.01. The zero-order valence-electron chi connectivity index (χ0n) is 17.9. The molecular weight excluding hydrogens is 397 g/mol. The Morgan fingerprint density at radius 1 is 1.34 bits per heavy atom. The van der Waals surface area contributed by atoms with Gasteiger partial charge >= 0.3 is 0 Å². The zero-order chi connectivity index (χ0) is 22.2. The molecule has 0 aromatic rings. The van der Waals surface area contributed by atoms with Crippen molar-refractivity contribution in [3.05, 3.63) is 12.0 Å². The molecule has 0 aromatic heterocycles. The number of carbonyl (C=O) groups is 2. The van der Waals surface area contributed by atoms with Crippen LogP contribution in [0.2, 0.25) is 0 Å². The van der Waals surface area contributed by atoms with E-state index < -0.39 is 17.6 Å². The summed E-state index contributed by atoms with van der Waals surface area (Å²) in [5.41, 5.74) is 10.0. The Morgan fingerprint density at radius 3 is 2.52 bits per heavy atom. The van der Waals surface area contributed by atoms with Gasteiger partial charge in [-0.2, -0.15) is 4.99 Å². The molecule has 1 saturated carbocycles. The Morgan fingerprint density at radius 2 is 2.00 bits per heavy atom. The highest BCUT2D eigenvalue weighted by Crippen LogP contribution is 2.31. The van der Waals surface area contributed by atoms with E-state index in [-0.39, 0.29) is 18.6 Å². The summed E-state index contributed by atoms with van der Waals surface area (Å²) in [7, 11) is 0. The maximum atomic E-state index is 12.7. The third kappa shape index (κ3) is 11.2. The van der Waals surface area contributed by atoms with Crippen molar-refractivity contribution in [1.29, 1.82) is 0 Å². The molecule has 0 spiro atoms. The zero-order valence-corrected chi connectivity index (χ0v) is 18.8. The molecule has 0 radical (unpaired) electrons. The van der Waals surface area contributed by atoms with E-state index in [0.29, 0.717) is 30.4 Å². The van der Waals surface area contributed by atoms with Gasteiger partial charge in [0.2, 0.25) is 5.91 Å². The summed E-state index contributed by atoms with van der Waals surface area (Å²) < 4.78 is 23.0. The van der Waals surface area contributed by atoms with Crippen LogP contribution in [-0.4, -0.2) is 42.1 Å². The fourth-order valence-corrected chi connectivity index (χ4v) is 3.99. The maximum absolute atomic E-state index is 12.7. The lowest BCUT2D eigenvalue weighted by molar-refractivity contribution is -0.139. The molecule has 168 valence electrons. The molecule has 1 saturated heterocycles. The van der Waals surface area contributed by atoms with Crippen molar-refractivity contribution in [2.75, 3.05) is 11.7 Å². The normalized spacial score (nSPS) is 24.7. The number of rotatable bonds is 6. The molecule has 29 heavy (non-hydrogen) atoms. The van der Waals surface area contributed by atoms with E-state index in [1.807, 2.05) is 13.8 Å². The van der Waals surface area contributed by atoms with Crippen molar-refractivity contribution in [3.63, 3.8) is 0 Å². The molecular formula is C20H36FN3O4S. The van der Waals surface area contributed by atoms with E-state index in [1.54, 1.807) is 11.8 Å². The molecule has 2 rings (SSSR count). The fraction of sp³-hybridized carbons (Fsp3) is 0.750. The van der Waals surface area contributed by atoms with E-state index in [1.165, 1.54) is 19.3 Å². The van der Waals surface area contributed by atoms with Gasteiger partial charge in [0.05, 0.1) is 18.5 Å². The number of carbonyl (C=O) groups excluding carboxylic acids is 2. The average molecular weight is 434 g/mol. The lowest BCUT2D eigenvalue weighted by Gasteiger charge is -2.32. The first-order valence-corrected chi connectivity index (χ1v) is 11.3. The number of thioether (sulfide) groups is 1. The largest absolute Gasteiger partial charge is 0.464 e. The Hall–Kier alpha value is -1.61. The molecule has 7 nitrogen and oxygen atoms in total. The SMILES string of the molecule is CC.CC(C)[C@@H]1CCCC[C@H]1OC=O.N/C=C(/F)C(N)=NC(=O)C[C@@H]1CSCO1. The number of nitrogens with two attached hydrogens (primary N) is 2. The second-order valence-electron chi connectivity index (χ2n) is 6.85. The average Bonchev–Trinajstić information content (AvgIpc) is 3.22. The standard InChI is InChI=1S/C10H18O2.C8H12FN3O2S.C2H6/c1-8(2)9-5-3-4-6-10(9)12-7-11;9-6(2-10)8(11)12-7(13)1-5-3-15-4-14-5;1-2/h7-10H,3-6H2,1-2H3;2,5H,1,3-4,10H2,(H2,11,12,13);1-2H3/b;6-2+;/t9-,10+;5-;/m01./s1. The second-order valence-corrected chi connectivity index (χ2v) is 7.83. The van der Waals surface area contributed by atoms with Gasteiger partial charge in [0, 0.05) is 12.0 Å². The summed E-state index contributed by atoms with van der Waals surface area (Å²) in [5.74, 6) is 0.652. The first kappa shape index (κ1) is 27.4. The minimum atomic E-state index is -0.898. The molecule has 2 fully saturated rings. The summed E-state index contributed by atoms with van der Waals surface area (Å²) >= 11 is 1.59. The third-order valence-corrected chi connectivity index (χ3v) is 5.48. The second kappa shape index (κ2) is 16.2. The van der Waals surface area contributed by atoms with E-state index in [9.17, 15) is 14.0 Å². The van der Waals surface area contributed by atoms with Crippen molar-refractivity contribution < 1.29 is 23.5 Å². The third-order valence-electron chi connectivity index (χ3n) is 4.57. The molecule has 1 amide bonds. The predicted octanol–water partition coefficient (Wildman–Crippen LogP) is 3.52. The minimum absolute atomic E-state index is 0.117. The Bertz CT molecular complexity index is 538. The number of amides is 1. The number of nitrogens with zero attached hydrogens (tertiary/aromatic N) is 1. The lowest BCUT2D eigenvalue weighted by Crippen LogP contribution is -2.30. The molecule has 2 aliphatic rings. The molecule has 9 heteroatoms. The minimum Gasteiger partial charge on any atom is -0.464 e. The smallest absolute Gasteiger partial charge is 0.293 e. The molecule has 0 bridgehead atoms. The monoisotopic (exact) mass is 433 g/mol. The van der Waals surface area contributed by atoms with Crippen LogP contribution in [-0.2, 0) is 19.1 Å². The van der Waals surface area contributed by atoms with Crippen molar-refractivity contribution in [2.24, 2.45) is 28.3 Å².